The number of nitrogens with zero attached hydrogens (tertiary/aromatic N) is 1. The number of morpholine rings is 1. The molecule has 0 aromatic heterocycles. The van der Waals surface area contributed by atoms with Gasteiger partial charge in [-0.25, -0.2) is 9.59 Å². The van der Waals surface area contributed by atoms with Gasteiger partial charge >= 0.3 is 11.9 Å². The van der Waals surface area contributed by atoms with Gasteiger partial charge in [0.25, 0.3) is 0 Å². The van der Waals surface area contributed by atoms with E-state index in [1.165, 1.54) is 5.56 Å². The highest BCUT2D eigenvalue weighted by Crippen LogP contribution is 2.27. The summed E-state index contributed by atoms with van der Waals surface area (Å²) in [6.07, 6.45) is 1.14. The van der Waals surface area contributed by atoms with Gasteiger partial charge in [0.05, 0.1) is 13.2 Å². The summed E-state index contributed by atoms with van der Waals surface area (Å²) in [5.41, 5.74) is 1.62. The minimum Gasteiger partial charge on any atom is -0.492 e. The van der Waals surface area contributed by atoms with Crippen LogP contribution in [0.5, 0.6) is 5.75 Å². The first-order chi connectivity index (χ1) is 12.3. The Morgan fingerprint density at radius 2 is 1.65 bits per heavy atom. The molecule has 1 aromatic rings. The first-order valence-corrected chi connectivity index (χ1v) is 8.76. The Kier molecular flexibility index (Phi) is 9.09. The largest absolute Gasteiger partial charge is 0.492 e. The Bertz CT molecular complexity index is 552. The summed E-state index contributed by atoms with van der Waals surface area (Å²) in [6.45, 7) is 12.2. The predicted octanol–water partition coefficient (Wildman–Crippen LogP) is 2.24. The Hall–Kier alpha value is -2.12. The normalized spacial score (nSPS) is 14.9. The van der Waals surface area contributed by atoms with E-state index in [2.05, 4.69) is 49.9 Å². The van der Waals surface area contributed by atoms with Gasteiger partial charge in [-0.2, -0.15) is 0 Å². The van der Waals surface area contributed by atoms with Crippen LogP contribution in [0.4, 0.5) is 0 Å². The Balaban J connectivity index is 0.000000487. The van der Waals surface area contributed by atoms with Crippen LogP contribution in [0.1, 0.15) is 32.8 Å². The molecule has 2 N–H and O–H groups in total. The first-order valence-electron chi connectivity index (χ1n) is 8.76. The van der Waals surface area contributed by atoms with Crippen molar-refractivity contribution in [2.24, 2.45) is 0 Å². The molecule has 2 rings (SSSR count). The van der Waals surface area contributed by atoms with Crippen molar-refractivity contribution in [3.05, 3.63) is 29.8 Å². The Morgan fingerprint density at radius 1 is 1.12 bits per heavy atom. The molecule has 0 unspecified atom stereocenters. The van der Waals surface area contributed by atoms with Crippen molar-refractivity contribution < 1.29 is 29.3 Å². The summed E-state index contributed by atoms with van der Waals surface area (Å²) < 4.78 is 11.2. The van der Waals surface area contributed by atoms with E-state index in [-0.39, 0.29) is 5.41 Å². The molecule has 0 atom stereocenters. The number of ether oxygens (including phenoxy) is 2. The van der Waals surface area contributed by atoms with E-state index in [0.717, 1.165) is 51.6 Å². The van der Waals surface area contributed by atoms with Gasteiger partial charge in [0, 0.05) is 19.6 Å². The number of hydrogen-bond donors (Lipinski definition) is 2. The van der Waals surface area contributed by atoms with Crippen molar-refractivity contribution >= 4 is 11.9 Å². The maximum Gasteiger partial charge on any atom is 0.414 e. The molecule has 1 saturated heterocycles. The second-order valence-electron chi connectivity index (χ2n) is 6.67. The molecule has 7 heteroatoms. The molecule has 1 heterocycles. The van der Waals surface area contributed by atoms with Gasteiger partial charge in [0.2, 0.25) is 0 Å². The minimum absolute atomic E-state index is 0.242. The fraction of sp³-hybridized carbons (Fsp3) is 0.579. The molecule has 0 radical (unpaired) electrons. The fourth-order valence-corrected chi connectivity index (χ4v) is 2.32. The third-order valence-electron chi connectivity index (χ3n) is 4.48. The van der Waals surface area contributed by atoms with Gasteiger partial charge < -0.3 is 19.7 Å². The SMILES string of the molecule is CCC(C)(C)c1ccc(OCCN2CCOCC2)cc1.O=C(O)C(=O)O. The summed E-state index contributed by atoms with van der Waals surface area (Å²) in [5.74, 6) is -2.68. The second kappa shape index (κ2) is 10.8. The van der Waals surface area contributed by atoms with Gasteiger partial charge in [-0.15, -0.1) is 0 Å². The average Bonchev–Trinajstić information content (AvgIpc) is 2.63. The maximum absolute atomic E-state index is 9.10. The molecule has 1 fully saturated rings. The van der Waals surface area contributed by atoms with Crippen LogP contribution in [0.3, 0.4) is 0 Å². The quantitative estimate of drug-likeness (QED) is 0.744. The standard InChI is InChI=1S/C17H27NO2.C2H2O4/c1-4-17(2,3)15-5-7-16(8-6-15)20-14-11-18-9-12-19-13-10-18;3-1(4)2(5)6/h5-8H,4,9-14H2,1-3H3;(H,3,4)(H,5,6). The van der Waals surface area contributed by atoms with Crippen LogP contribution in [0.2, 0.25) is 0 Å². The molecule has 7 nitrogen and oxygen atoms in total. The molecule has 0 saturated carbocycles. The zero-order chi connectivity index (χ0) is 19.6. The van der Waals surface area contributed by atoms with E-state index >= 15 is 0 Å². The Labute approximate surface area is 154 Å². The topological polar surface area (TPSA) is 96.3 Å². The third-order valence-corrected chi connectivity index (χ3v) is 4.48. The minimum atomic E-state index is -1.82. The summed E-state index contributed by atoms with van der Waals surface area (Å²) in [4.78, 5) is 20.6. The number of rotatable bonds is 6. The zero-order valence-corrected chi connectivity index (χ0v) is 15.7. The third kappa shape index (κ3) is 7.84. The lowest BCUT2D eigenvalue weighted by Crippen LogP contribution is -2.38. The van der Waals surface area contributed by atoms with Gasteiger partial charge in [0.15, 0.2) is 0 Å². The van der Waals surface area contributed by atoms with Crippen molar-refractivity contribution in [1.82, 2.24) is 4.90 Å². The van der Waals surface area contributed by atoms with Crippen LogP contribution < -0.4 is 4.74 Å². The van der Waals surface area contributed by atoms with E-state index in [1.54, 1.807) is 0 Å². The van der Waals surface area contributed by atoms with Crippen LogP contribution in [0.25, 0.3) is 0 Å². The van der Waals surface area contributed by atoms with Gasteiger partial charge in [0.1, 0.15) is 12.4 Å². The van der Waals surface area contributed by atoms with E-state index in [0.29, 0.717) is 0 Å². The lowest BCUT2D eigenvalue weighted by molar-refractivity contribution is -0.159. The molecule has 146 valence electrons. The molecule has 0 aliphatic carbocycles. The van der Waals surface area contributed by atoms with Crippen molar-refractivity contribution in [1.29, 1.82) is 0 Å². The summed E-state index contributed by atoms with van der Waals surface area (Å²) >= 11 is 0. The zero-order valence-electron chi connectivity index (χ0n) is 15.7. The summed E-state index contributed by atoms with van der Waals surface area (Å²) in [5, 5.41) is 14.8. The van der Waals surface area contributed by atoms with E-state index in [1.807, 2.05) is 0 Å². The molecular formula is C19H29NO6. The molecule has 1 aliphatic rings. The number of aliphatic carboxylic acids is 2. The van der Waals surface area contributed by atoms with Crippen molar-refractivity contribution in [3.63, 3.8) is 0 Å². The molecule has 1 aromatic carbocycles. The van der Waals surface area contributed by atoms with Crippen LogP contribution in [0, 0.1) is 0 Å². The number of benzene rings is 1. The monoisotopic (exact) mass is 367 g/mol. The lowest BCUT2D eigenvalue weighted by Gasteiger charge is -2.26. The average molecular weight is 367 g/mol. The highest BCUT2D eigenvalue weighted by molar-refractivity contribution is 6.27. The van der Waals surface area contributed by atoms with E-state index in [4.69, 9.17) is 29.3 Å². The fourth-order valence-electron chi connectivity index (χ4n) is 2.32. The van der Waals surface area contributed by atoms with E-state index < -0.39 is 11.9 Å². The number of carboxylic acids is 2. The summed E-state index contributed by atoms with van der Waals surface area (Å²) in [6, 6.07) is 8.55. The number of hydrogen-bond acceptors (Lipinski definition) is 5. The smallest absolute Gasteiger partial charge is 0.414 e. The Morgan fingerprint density at radius 3 is 2.12 bits per heavy atom. The van der Waals surface area contributed by atoms with Crippen molar-refractivity contribution in [2.75, 3.05) is 39.5 Å². The molecular weight excluding hydrogens is 338 g/mol. The predicted molar refractivity (Wildman–Crippen MR) is 97.8 cm³/mol. The molecule has 0 spiro atoms. The molecule has 0 amide bonds. The maximum atomic E-state index is 9.10. The van der Waals surface area contributed by atoms with Crippen LogP contribution in [-0.2, 0) is 19.7 Å². The van der Waals surface area contributed by atoms with Gasteiger partial charge in [-0.05, 0) is 29.5 Å². The molecule has 0 bridgehead atoms. The van der Waals surface area contributed by atoms with E-state index in [9.17, 15) is 0 Å². The van der Waals surface area contributed by atoms with Crippen molar-refractivity contribution in [2.45, 2.75) is 32.6 Å². The number of carbonyl (C=O) groups is 2. The summed E-state index contributed by atoms with van der Waals surface area (Å²) in [7, 11) is 0. The first kappa shape index (κ1) is 21.9. The molecule has 26 heavy (non-hydrogen) atoms. The highest BCUT2D eigenvalue weighted by Gasteiger charge is 2.17. The molecule has 1 aliphatic heterocycles. The van der Waals surface area contributed by atoms with Crippen LogP contribution in [-0.4, -0.2) is 66.5 Å². The number of carboxylic acid groups (broad SMARTS) is 2. The highest BCUT2D eigenvalue weighted by atomic mass is 16.5. The second-order valence-corrected chi connectivity index (χ2v) is 6.67. The van der Waals surface area contributed by atoms with Crippen molar-refractivity contribution in [3.8, 4) is 5.75 Å². The van der Waals surface area contributed by atoms with Gasteiger partial charge in [-0.1, -0.05) is 32.9 Å². The van der Waals surface area contributed by atoms with Gasteiger partial charge in [-0.3, -0.25) is 4.90 Å². The van der Waals surface area contributed by atoms with Crippen LogP contribution in [0.15, 0.2) is 24.3 Å². The lowest BCUT2D eigenvalue weighted by atomic mass is 9.82. The van der Waals surface area contributed by atoms with Crippen LogP contribution >= 0.6 is 0 Å².